The molecule has 232 valence electrons. The van der Waals surface area contributed by atoms with Crippen LogP contribution in [-0.4, -0.2) is 94.9 Å². The summed E-state index contributed by atoms with van der Waals surface area (Å²) in [5, 5.41) is 10.8. The molecule has 3 aliphatic heterocycles. The van der Waals surface area contributed by atoms with Crippen molar-refractivity contribution < 1.29 is 14.3 Å². The molecule has 11 nitrogen and oxygen atoms in total. The van der Waals surface area contributed by atoms with Crippen LogP contribution in [0.5, 0.6) is 6.01 Å². The van der Waals surface area contributed by atoms with Gasteiger partial charge in [0.25, 0.3) is 0 Å². The quantitative estimate of drug-likeness (QED) is 0.405. The van der Waals surface area contributed by atoms with Gasteiger partial charge < -0.3 is 29.1 Å². The first kappa shape index (κ1) is 29.9. The minimum absolute atomic E-state index is 0.212. The maximum absolute atomic E-state index is 13.0. The monoisotopic (exact) mass is 598 g/mol. The van der Waals surface area contributed by atoms with Crippen molar-refractivity contribution in [1.82, 2.24) is 24.8 Å². The molecule has 44 heavy (non-hydrogen) atoms. The number of piperazine rings is 1. The Labute approximate surface area is 259 Å². The van der Waals surface area contributed by atoms with Gasteiger partial charge in [-0.3, -0.25) is 4.98 Å². The lowest BCUT2D eigenvalue weighted by Gasteiger charge is -2.42. The summed E-state index contributed by atoms with van der Waals surface area (Å²) in [6, 6.07) is 13.0. The van der Waals surface area contributed by atoms with Crippen LogP contribution in [0.15, 0.2) is 36.5 Å². The normalized spacial score (nSPS) is 20.8. The molecule has 2 aromatic heterocycles. The molecule has 0 saturated carbocycles. The van der Waals surface area contributed by atoms with Crippen molar-refractivity contribution in [3.8, 4) is 12.1 Å². The summed E-state index contributed by atoms with van der Waals surface area (Å²) in [5.41, 5.74) is 3.55. The third-order valence-corrected chi connectivity index (χ3v) is 8.80. The van der Waals surface area contributed by atoms with Gasteiger partial charge in [-0.2, -0.15) is 15.2 Å². The van der Waals surface area contributed by atoms with Crippen LogP contribution in [0.4, 0.5) is 16.3 Å². The second kappa shape index (κ2) is 12.4. The predicted octanol–water partition coefficient (Wildman–Crippen LogP) is 4.40. The van der Waals surface area contributed by atoms with Gasteiger partial charge in [-0.1, -0.05) is 6.07 Å². The molecular formula is C33H42N8O3. The molecule has 0 N–H and O–H groups in total. The average molecular weight is 599 g/mol. The first-order valence-electron chi connectivity index (χ1n) is 15.6. The number of likely N-dealkylation sites (N-methyl/N-ethyl adjacent to an activating group) is 1. The van der Waals surface area contributed by atoms with E-state index >= 15 is 0 Å². The van der Waals surface area contributed by atoms with Gasteiger partial charge in [0.05, 0.1) is 36.3 Å². The summed E-state index contributed by atoms with van der Waals surface area (Å²) in [4.78, 5) is 36.2. The molecule has 2 unspecified atom stereocenters. The van der Waals surface area contributed by atoms with Crippen LogP contribution in [0.1, 0.15) is 51.3 Å². The molecule has 0 radical (unpaired) electrons. The molecule has 1 aromatic carbocycles. The minimum atomic E-state index is -0.608. The van der Waals surface area contributed by atoms with Crippen LogP contribution in [0.25, 0.3) is 10.9 Å². The predicted molar refractivity (Wildman–Crippen MR) is 169 cm³/mol. The maximum Gasteiger partial charge on any atom is 0.410 e. The molecule has 1 amide bonds. The van der Waals surface area contributed by atoms with E-state index in [9.17, 15) is 10.1 Å². The molecule has 0 aliphatic carbocycles. The Morgan fingerprint density at radius 2 is 1.93 bits per heavy atom. The Bertz CT molecular complexity index is 1550. The van der Waals surface area contributed by atoms with Gasteiger partial charge in [0, 0.05) is 55.1 Å². The molecule has 2 atom stereocenters. The fourth-order valence-corrected chi connectivity index (χ4v) is 6.53. The van der Waals surface area contributed by atoms with Crippen molar-refractivity contribution in [2.45, 2.75) is 70.7 Å². The molecule has 6 rings (SSSR count). The number of amides is 1. The SMILES string of the molecule is CN1CCCC1COc1nc2c(c(N3CCN(C(=O)OC(C)(C)C)C(CC#N)C3)n1)CCN(c1cccc3ncccc13)C2. The van der Waals surface area contributed by atoms with Crippen LogP contribution in [0.3, 0.4) is 0 Å². The van der Waals surface area contributed by atoms with Gasteiger partial charge in [-0.05, 0) is 77.9 Å². The lowest BCUT2D eigenvalue weighted by molar-refractivity contribution is 0.0144. The van der Waals surface area contributed by atoms with E-state index in [1.807, 2.05) is 39.1 Å². The van der Waals surface area contributed by atoms with Gasteiger partial charge >= 0.3 is 12.1 Å². The molecule has 0 spiro atoms. The molecule has 2 fully saturated rings. The second-order valence-electron chi connectivity index (χ2n) is 13.0. The summed E-state index contributed by atoms with van der Waals surface area (Å²) in [5.74, 6) is 0.843. The van der Waals surface area contributed by atoms with Crippen molar-refractivity contribution in [1.29, 1.82) is 5.26 Å². The minimum Gasteiger partial charge on any atom is -0.462 e. The number of carbonyl (C=O) groups excluding carboxylic acids is 1. The maximum atomic E-state index is 13.0. The fourth-order valence-electron chi connectivity index (χ4n) is 6.53. The van der Waals surface area contributed by atoms with Crippen LogP contribution in [0, 0.1) is 11.3 Å². The largest absolute Gasteiger partial charge is 0.462 e. The highest BCUT2D eigenvalue weighted by atomic mass is 16.6. The zero-order chi connectivity index (χ0) is 30.8. The number of likely N-dealkylation sites (tertiary alicyclic amines) is 1. The smallest absolute Gasteiger partial charge is 0.410 e. The van der Waals surface area contributed by atoms with Gasteiger partial charge in [0.2, 0.25) is 0 Å². The van der Waals surface area contributed by atoms with Crippen molar-refractivity contribution >= 4 is 28.5 Å². The summed E-state index contributed by atoms with van der Waals surface area (Å²) in [6.07, 6.45) is 4.68. The number of benzene rings is 1. The number of nitrogens with zero attached hydrogens (tertiary/aromatic N) is 8. The molecule has 3 aromatic rings. The molecule has 3 aliphatic rings. The van der Waals surface area contributed by atoms with E-state index in [1.54, 1.807) is 4.90 Å². The molecule has 11 heteroatoms. The number of pyridine rings is 1. The standard InChI is InChI=1S/C33H42N8O3/c1-33(2,3)44-32(42)41-19-18-40(20-23(41)12-14-34)30-26-13-17-39(29-11-5-10-27-25(29)9-6-15-35-27)21-28(26)36-31(37-30)43-22-24-8-7-16-38(24)4/h5-6,9-11,15,23-24H,7-8,12-13,16-22H2,1-4H3. The van der Waals surface area contributed by atoms with E-state index in [0.29, 0.717) is 44.8 Å². The summed E-state index contributed by atoms with van der Waals surface area (Å²) < 4.78 is 12.0. The van der Waals surface area contributed by atoms with Gasteiger partial charge in [-0.25, -0.2) is 4.79 Å². The lowest BCUT2D eigenvalue weighted by atomic mass is 10.0. The molecular weight excluding hydrogens is 556 g/mol. The fraction of sp³-hybridized carbons (Fsp3) is 0.545. The first-order chi connectivity index (χ1) is 21.2. The summed E-state index contributed by atoms with van der Waals surface area (Å²) in [6.45, 7) is 10.1. The Morgan fingerprint density at radius 1 is 1.07 bits per heavy atom. The molecule has 5 heterocycles. The second-order valence-corrected chi connectivity index (χ2v) is 13.0. The average Bonchev–Trinajstić information content (AvgIpc) is 3.42. The van der Waals surface area contributed by atoms with Crippen LogP contribution >= 0.6 is 0 Å². The van der Waals surface area contributed by atoms with Crippen molar-refractivity contribution in [2.75, 3.05) is 56.2 Å². The van der Waals surface area contributed by atoms with Crippen LogP contribution in [-0.2, 0) is 17.7 Å². The van der Waals surface area contributed by atoms with Gasteiger partial charge in [0.1, 0.15) is 18.0 Å². The number of ether oxygens (including phenoxy) is 2. The highest BCUT2D eigenvalue weighted by Crippen LogP contribution is 2.35. The Balaban J connectivity index is 1.30. The number of hydrogen-bond acceptors (Lipinski definition) is 10. The van der Waals surface area contributed by atoms with Crippen molar-refractivity contribution in [2.24, 2.45) is 0 Å². The number of hydrogen-bond donors (Lipinski definition) is 0. The van der Waals surface area contributed by atoms with Crippen LogP contribution in [0.2, 0.25) is 0 Å². The Morgan fingerprint density at radius 3 is 2.70 bits per heavy atom. The molecule has 2 saturated heterocycles. The zero-order valence-corrected chi connectivity index (χ0v) is 26.2. The number of nitriles is 1. The van der Waals surface area contributed by atoms with E-state index in [0.717, 1.165) is 66.0 Å². The topological polar surface area (TPSA) is 111 Å². The summed E-state index contributed by atoms with van der Waals surface area (Å²) in [7, 11) is 2.14. The Kier molecular flexibility index (Phi) is 8.45. The number of carbonyl (C=O) groups is 1. The van der Waals surface area contributed by atoms with Gasteiger partial charge in [0.15, 0.2) is 0 Å². The van der Waals surface area contributed by atoms with E-state index < -0.39 is 5.60 Å². The lowest BCUT2D eigenvalue weighted by Crippen LogP contribution is -2.56. The number of aromatic nitrogens is 3. The third-order valence-electron chi connectivity index (χ3n) is 8.80. The van der Waals surface area contributed by atoms with E-state index in [4.69, 9.17) is 19.4 Å². The number of fused-ring (bicyclic) bond motifs is 2. The first-order valence-corrected chi connectivity index (χ1v) is 15.6. The number of rotatable bonds is 6. The van der Waals surface area contributed by atoms with Crippen molar-refractivity contribution in [3.05, 3.63) is 47.8 Å². The van der Waals surface area contributed by atoms with E-state index in [1.165, 1.54) is 0 Å². The van der Waals surface area contributed by atoms with E-state index in [2.05, 4.69) is 51.0 Å². The highest BCUT2D eigenvalue weighted by molar-refractivity contribution is 5.91. The van der Waals surface area contributed by atoms with Crippen LogP contribution < -0.4 is 14.5 Å². The van der Waals surface area contributed by atoms with Crippen molar-refractivity contribution in [3.63, 3.8) is 0 Å². The third kappa shape index (κ3) is 6.36. The molecule has 0 bridgehead atoms. The zero-order valence-electron chi connectivity index (χ0n) is 26.2. The number of anilines is 2. The van der Waals surface area contributed by atoms with E-state index in [-0.39, 0.29) is 18.6 Å². The van der Waals surface area contributed by atoms with Gasteiger partial charge in [-0.15, -0.1) is 0 Å². The summed E-state index contributed by atoms with van der Waals surface area (Å²) >= 11 is 0. The Hall–Kier alpha value is -4.17. The highest BCUT2D eigenvalue weighted by Gasteiger charge is 2.36.